The molecule has 0 aliphatic heterocycles. The lowest BCUT2D eigenvalue weighted by Crippen LogP contribution is -2.35. The van der Waals surface area contributed by atoms with Crippen molar-refractivity contribution in [3.63, 3.8) is 0 Å². The van der Waals surface area contributed by atoms with Gasteiger partial charge in [-0.05, 0) is 36.6 Å². The second-order valence-corrected chi connectivity index (χ2v) is 6.92. The van der Waals surface area contributed by atoms with Gasteiger partial charge in [-0.25, -0.2) is 4.68 Å². The molecule has 0 radical (unpaired) electrons. The highest BCUT2D eigenvalue weighted by molar-refractivity contribution is 7.13. The van der Waals surface area contributed by atoms with Gasteiger partial charge in [0.25, 0.3) is 5.56 Å². The maximum Gasteiger partial charge on any atom is 0.267 e. The smallest absolute Gasteiger partial charge is 0.267 e. The third kappa shape index (κ3) is 3.49. The fraction of sp³-hybridized carbons (Fsp3) is 0.167. The Morgan fingerprint density at radius 3 is 2.89 bits per heavy atom. The van der Waals surface area contributed by atoms with Gasteiger partial charge in [0.1, 0.15) is 12.2 Å². The number of carbonyl (C=O) groups is 1. The molecule has 0 saturated heterocycles. The van der Waals surface area contributed by atoms with Crippen LogP contribution in [0.2, 0.25) is 0 Å². The summed E-state index contributed by atoms with van der Waals surface area (Å²) in [5.74, 6) is 0.291. The van der Waals surface area contributed by atoms with E-state index < -0.39 is 0 Å². The average molecular weight is 380 g/mol. The molecule has 0 unspecified atom stereocenters. The molecule has 0 spiro atoms. The summed E-state index contributed by atoms with van der Waals surface area (Å²) in [6, 6.07) is 12.1. The third-order valence-electron chi connectivity index (χ3n) is 4.04. The largest absolute Gasteiger partial charge is 0.345 e. The van der Waals surface area contributed by atoms with Gasteiger partial charge < -0.3 is 5.32 Å². The number of amides is 1. The van der Waals surface area contributed by atoms with Gasteiger partial charge in [0.15, 0.2) is 11.5 Å². The van der Waals surface area contributed by atoms with Crippen molar-refractivity contribution in [2.75, 3.05) is 0 Å². The zero-order valence-corrected chi connectivity index (χ0v) is 15.3. The molecule has 4 heterocycles. The van der Waals surface area contributed by atoms with Crippen molar-refractivity contribution in [1.29, 1.82) is 0 Å². The number of hydrogen-bond acceptors (Lipinski definition) is 6. The Bertz CT molecular complexity index is 1150. The lowest BCUT2D eigenvalue weighted by molar-refractivity contribution is -0.122. The summed E-state index contributed by atoms with van der Waals surface area (Å²) in [5.41, 5.74) is 1.04. The van der Waals surface area contributed by atoms with Gasteiger partial charge in [-0.15, -0.1) is 21.5 Å². The highest BCUT2D eigenvalue weighted by Gasteiger charge is 2.16. The Kier molecular flexibility index (Phi) is 4.51. The van der Waals surface area contributed by atoms with Gasteiger partial charge in [-0.3, -0.25) is 14.0 Å². The van der Waals surface area contributed by atoms with E-state index in [1.54, 1.807) is 6.07 Å². The molecule has 1 atom stereocenters. The molecule has 1 N–H and O–H groups in total. The van der Waals surface area contributed by atoms with E-state index in [1.807, 2.05) is 53.2 Å². The Labute approximate surface area is 158 Å². The Hall–Kier alpha value is -3.33. The van der Waals surface area contributed by atoms with Crippen LogP contribution in [-0.4, -0.2) is 30.3 Å². The SMILES string of the molecule is C[C@@H](NC(=O)Cn1nc(-c2cccs2)ccc1=O)c1nnc2ccccn12. The summed E-state index contributed by atoms with van der Waals surface area (Å²) in [6.45, 7) is 1.65. The first-order valence-corrected chi connectivity index (χ1v) is 9.21. The van der Waals surface area contributed by atoms with Gasteiger partial charge >= 0.3 is 0 Å². The van der Waals surface area contributed by atoms with Crippen LogP contribution in [0.1, 0.15) is 18.8 Å². The summed E-state index contributed by atoms with van der Waals surface area (Å²) >= 11 is 1.52. The minimum atomic E-state index is -0.369. The number of pyridine rings is 1. The number of fused-ring (bicyclic) bond motifs is 1. The average Bonchev–Trinajstić information content (AvgIpc) is 3.33. The highest BCUT2D eigenvalue weighted by Crippen LogP contribution is 2.21. The molecule has 1 amide bonds. The molecule has 0 bridgehead atoms. The van der Waals surface area contributed by atoms with Crippen LogP contribution in [0.15, 0.2) is 58.8 Å². The van der Waals surface area contributed by atoms with Crippen LogP contribution in [0.4, 0.5) is 0 Å². The Morgan fingerprint density at radius 2 is 2.07 bits per heavy atom. The monoisotopic (exact) mass is 380 g/mol. The second-order valence-electron chi connectivity index (χ2n) is 5.97. The summed E-state index contributed by atoms with van der Waals surface area (Å²) in [6.07, 6.45) is 1.84. The van der Waals surface area contributed by atoms with Crippen molar-refractivity contribution in [2.24, 2.45) is 0 Å². The number of nitrogens with zero attached hydrogens (tertiary/aromatic N) is 5. The van der Waals surface area contributed by atoms with E-state index in [1.165, 1.54) is 22.1 Å². The first-order chi connectivity index (χ1) is 13.1. The van der Waals surface area contributed by atoms with Crippen LogP contribution in [0.3, 0.4) is 0 Å². The molecule has 4 rings (SSSR count). The predicted octanol–water partition coefficient (Wildman–Crippen LogP) is 1.89. The van der Waals surface area contributed by atoms with Crippen molar-refractivity contribution in [1.82, 2.24) is 29.7 Å². The molecular formula is C18H16N6O2S. The Morgan fingerprint density at radius 1 is 1.19 bits per heavy atom. The van der Waals surface area contributed by atoms with Crippen LogP contribution in [0.5, 0.6) is 0 Å². The quantitative estimate of drug-likeness (QED) is 0.571. The van der Waals surface area contributed by atoms with Crippen LogP contribution in [-0.2, 0) is 11.3 Å². The molecule has 9 heteroatoms. The minimum Gasteiger partial charge on any atom is -0.345 e. The zero-order valence-electron chi connectivity index (χ0n) is 14.4. The summed E-state index contributed by atoms with van der Waals surface area (Å²) in [4.78, 5) is 25.4. The van der Waals surface area contributed by atoms with E-state index in [0.717, 1.165) is 4.88 Å². The van der Waals surface area contributed by atoms with Gasteiger partial charge in [-0.2, -0.15) is 5.10 Å². The number of thiophene rings is 1. The lowest BCUT2D eigenvalue weighted by atomic mass is 10.3. The van der Waals surface area contributed by atoms with Crippen LogP contribution in [0.25, 0.3) is 16.2 Å². The van der Waals surface area contributed by atoms with Crippen molar-refractivity contribution >= 4 is 22.9 Å². The summed E-state index contributed by atoms with van der Waals surface area (Å²) in [5, 5.41) is 17.3. The summed E-state index contributed by atoms with van der Waals surface area (Å²) in [7, 11) is 0. The number of hydrogen-bond donors (Lipinski definition) is 1. The van der Waals surface area contributed by atoms with E-state index in [2.05, 4.69) is 20.6 Å². The molecule has 136 valence electrons. The predicted molar refractivity (Wildman–Crippen MR) is 101 cm³/mol. The molecule has 0 saturated carbocycles. The fourth-order valence-electron chi connectivity index (χ4n) is 2.76. The van der Waals surface area contributed by atoms with Crippen molar-refractivity contribution in [3.05, 3.63) is 70.2 Å². The van der Waals surface area contributed by atoms with E-state index in [-0.39, 0.29) is 24.1 Å². The molecule has 0 aromatic carbocycles. The van der Waals surface area contributed by atoms with Crippen LogP contribution < -0.4 is 10.9 Å². The van der Waals surface area contributed by atoms with Crippen molar-refractivity contribution < 1.29 is 4.79 Å². The lowest BCUT2D eigenvalue weighted by Gasteiger charge is -2.13. The number of aromatic nitrogens is 5. The standard InChI is InChI=1S/C18H16N6O2S/c1-12(18-21-20-15-6-2-3-9-23(15)18)19-16(25)11-24-17(26)8-7-13(22-24)14-5-4-10-27-14/h2-10,12H,11H2,1H3,(H,19,25)/t12-/m1/s1. The molecule has 0 fully saturated rings. The maximum atomic E-state index is 12.4. The minimum absolute atomic E-state index is 0.168. The Balaban J connectivity index is 1.51. The van der Waals surface area contributed by atoms with Gasteiger partial charge in [0.2, 0.25) is 5.91 Å². The van der Waals surface area contributed by atoms with Crippen LogP contribution in [0, 0.1) is 0 Å². The number of carbonyl (C=O) groups excluding carboxylic acids is 1. The van der Waals surface area contributed by atoms with E-state index in [9.17, 15) is 9.59 Å². The first-order valence-electron chi connectivity index (χ1n) is 8.33. The molecule has 0 aliphatic rings. The molecular weight excluding hydrogens is 364 g/mol. The van der Waals surface area contributed by atoms with E-state index in [4.69, 9.17) is 0 Å². The summed E-state index contributed by atoms with van der Waals surface area (Å²) < 4.78 is 2.98. The van der Waals surface area contributed by atoms with Gasteiger partial charge in [0.05, 0.1) is 10.9 Å². The van der Waals surface area contributed by atoms with Crippen molar-refractivity contribution in [3.8, 4) is 10.6 Å². The second kappa shape index (κ2) is 7.12. The highest BCUT2D eigenvalue weighted by atomic mass is 32.1. The van der Waals surface area contributed by atoms with Gasteiger partial charge in [0, 0.05) is 12.3 Å². The topological polar surface area (TPSA) is 94.2 Å². The fourth-order valence-corrected chi connectivity index (χ4v) is 3.45. The number of rotatable bonds is 5. The van der Waals surface area contributed by atoms with Gasteiger partial charge in [-0.1, -0.05) is 12.1 Å². The van der Waals surface area contributed by atoms with Crippen molar-refractivity contribution in [2.45, 2.75) is 19.5 Å². The van der Waals surface area contributed by atoms with Crippen LogP contribution >= 0.6 is 11.3 Å². The molecule has 27 heavy (non-hydrogen) atoms. The zero-order chi connectivity index (χ0) is 18.8. The molecule has 8 nitrogen and oxygen atoms in total. The molecule has 0 aliphatic carbocycles. The number of nitrogens with one attached hydrogen (secondary N) is 1. The molecule has 4 aromatic heterocycles. The maximum absolute atomic E-state index is 12.4. The molecule has 4 aromatic rings. The first kappa shape index (κ1) is 17.1. The van der Waals surface area contributed by atoms with E-state index >= 15 is 0 Å². The normalized spacial score (nSPS) is 12.2. The third-order valence-corrected chi connectivity index (χ3v) is 4.93. The van der Waals surface area contributed by atoms with E-state index in [0.29, 0.717) is 17.2 Å².